The maximum atomic E-state index is 5.60. The van der Waals surface area contributed by atoms with Gasteiger partial charge >= 0.3 is 0 Å². The minimum atomic E-state index is -0.401. The Hall–Kier alpha value is 0.394. The summed E-state index contributed by atoms with van der Waals surface area (Å²) in [5.41, 5.74) is 0. The third kappa shape index (κ3) is 4.55. The van der Waals surface area contributed by atoms with E-state index < -0.39 is 9.04 Å². The van der Waals surface area contributed by atoms with Gasteiger partial charge in [-0.25, -0.2) is 0 Å². The predicted octanol–water partition coefficient (Wildman–Crippen LogP) is 1.90. The van der Waals surface area contributed by atoms with Gasteiger partial charge in [-0.1, -0.05) is 6.92 Å². The molecule has 0 rings (SSSR count). The van der Waals surface area contributed by atoms with Gasteiger partial charge in [0.1, 0.15) is 0 Å². The topological polar surface area (TPSA) is 9.23 Å². The molecule has 48 valence electrons. The number of rotatable bonds is 3. The van der Waals surface area contributed by atoms with E-state index in [4.69, 9.17) is 4.12 Å². The Labute approximate surface area is 55.5 Å². The van der Waals surface area contributed by atoms with Crippen LogP contribution in [0.3, 0.4) is 0 Å². The Morgan fingerprint density at radius 2 is 1.75 bits per heavy atom. The minimum absolute atomic E-state index is 0.383. The monoisotopic (exact) mass is 146 g/mol. The summed E-state index contributed by atoms with van der Waals surface area (Å²) >= 11 is 0. The van der Waals surface area contributed by atoms with Crippen LogP contribution < -0.4 is 0 Å². The van der Waals surface area contributed by atoms with Crippen molar-refractivity contribution < 1.29 is 4.12 Å². The van der Waals surface area contributed by atoms with Crippen LogP contribution in [0.5, 0.6) is 0 Å². The SMILES string of the molecule is CC[Si](C)O[Si](C)C. The second-order valence-electron chi connectivity index (χ2n) is 2.07. The first kappa shape index (κ1) is 8.39. The molecule has 0 atom stereocenters. The average Bonchev–Trinajstić information content (AvgIpc) is 1.65. The maximum Gasteiger partial charge on any atom is 0.194 e. The molecule has 0 unspecified atom stereocenters. The van der Waals surface area contributed by atoms with E-state index >= 15 is 0 Å². The summed E-state index contributed by atoms with van der Waals surface area (Å²) in [5, 5.41) is 0. The third-order valence-corrected chi connectivity index (χ3v) is 4.90. The molecule has 0 aromatic carbocycles. The molecular weight excluding hydrogens is 132 g/mol. The Bertz CT molecular complexity index is 56.4. The number of hydrogen-bond donors (Lipinski definition) is 0. The fourth-order valence-electron chi connectivity index (χ4n) is 0.421. The summed E-state index contributed by atoms with van der Waals surface area (Å²) < 4.78 is 5.60. The maximum absolute atomic E-state index is 5.60. The average molecular weight is 146 g/mol. The highest BCUT2D eigenvalue weighted by Crippen LogP contribution is 1.94. The molecule has 3 heteroatoms. The normalized spacial score (nSPS) is 11.2. The molecule has 0 saturated heterocycles. The van der Waals surface area contributed by atoms with Crippen LogP contribution >= 0.6 is 0 Å². The zero-order valence-electron chi connectivity index (χ0n) is 6.12. The second kappa shape index (κ2) is 4.29. The van der Waals surface area contributed by atoms with E-state index in [9.17, 15) is 0 Å². The highest BCUT2D eigenvalue weighted by atomic mass is 28.4. The lowest BCUT2D eigenvalue weighted by Gasteiger charge is -2.09. The fourth-order valence-corrected chi connectivity index (χ4v) is 3.79. The van der Waals surface area contributed by atoms with Crippen molar-refractivity contribution in [3.05, 3.63) is 0 Å². The van der Waals surface area contributed by atoms with Crippen molar-refractivity contribution in [1.29, 1.82) is 0 Å². The van der Waals surface area contributed by atoms with Crippen molar-refractivity contribution in [2.45, 2.75) is 32.6 Å². The Morgan fingerprint density at radius 3 is 1.88 bits per heavy atom. The molecule has 0 fully saturated rings. The van der Waals surface area contributed by atoms with Crippen molar-refractivity contribution in [2.24, 2.45) is 0 Å². The van der Waals surface area contributed by atoms with Gasteiger partial charge in [-0.05, 0) is 25.7 Å². The van der Waals surface area contributed by atoms with Gasteiger partial charge in [0.2, 0.25) is 0 Å². The molecule has 2 radical (unpaired) electrons. The lowest BCUT2D eigenvalue weighted by atomic mass is 11.0. The molecular formula is C5H14OSi2. The second-order valence-corrected chi connectivity index (χ2v) is 6.81. The summed E-state index contributed by atoms with van der Waals surface area (Å²) in [6, 6.07) is 1.24. The van der Waals surface area contributed by atoms with Crippen molar-refractivity contribution in [2.75, 3.05) is 0 Å². The quantitative estimate of drug-likeness (QED) is 0.553. The van der Waals surface area contributed by atoms with Gasteiger partial charge in [0.05, 0.1) is 0 Å². The first-order valence-electron chi connectivity index (χ1n) is 2.97. The van der Waals surface area contributed by atoms with Gasteiger partial charge in [-0.2, -0.15) is 0 Å². The van der Waals surface area contributed by atoms with Gasteiger partial charge < -0.3 is 4.12 Å². The van der Waals surface area contributed by atoms with Crippen LogP contribution in [0, 0.1) is 0 Å². The van der Waals surface area contributed by atoms with E-state index in [-0.39, 0.29) is 9.04 Å². The van der Waals surface area contributed by atoms with Crippen molar-refractivity contribution in [3.63, 3.8) is 0 Å². The lowest BCUT2D eigenvalue weighted by Crippen LogP contribution is -2.20. The molecule has 0 aromatic rings. The highest BCUT2D eigenvalue weighted by Gasteiger charge is 2.04. The van der Waals surface area contributed by atoms with Crippen LogP contribution in [0.2, 0.25) is 25.7 Å². The molecule has 0 heterocycles. The van der Waals surface area contributed by atoms with Gasteiger partial charge in [0, 0.05) is 0 Å². The fraction of sp³-hybridized carbons (Fsp3) is 1.00. The van der Waals surface area contributed by atoms with Crippen LogP contribution in [0.1, 0.15) is 6.92 Å². The van der Waals surface area contributed by atoms with Crippen molar-refractivity contribution >= 4 is 18.1 Å². The summed E-state index contributed by atoms with van der Waals surface area (Å²) in [4.78, 5) is 0. The van der Waals surface area contributed by atoms with E-state index in [0.29, 0.717) is 0 Å². The van der Waals surface area contributed by atoms with Crippen LogP contribution in [0.15, 0.2) is 0 Å². The molecule has 0 bridgehead atoms. The Kier molecular flexibility index (Phi) is 4.50. The molecule has 0 aromatic heterocycles. The molecule has 0 N–H and O–H groups in total. The molecule has 8 heavy (non-hydrogen) atoms. The van der Waals surface area contributed by atoms with Gasteiger partial charge in [0.15, 0.2) is 18.1 Å². The van der Waals surface area contributed by atoms with Crippen molar-refractivity contribution in [3.8, 4) is 0 Å². The number of hydrogen-bond acceptors (Lipinski definition) is 1. The van der Waals surface area contributed by atoms with E-state index in [1.807, 2.05) is 0 Å². The molecule has 0 aliphatic carbocycles. The van der Waals surface area contributed by atoms with E-state index in [0.717, 1.165) is 0 Å². The van der Waals surface area contributed by atoms with Crippen LogP contribution in [0.4, 0.5) is 0 Å². The molecule has 1 nitrogen and oxygen atoms in total. The standard InChI is InChI=1S/C5H14OSi2/c1-5-8(4)6-7(2)3/h5H2,1-4H3. The zero-order valence-corrected chi connectivity index (χ0v) is 8.12. The van der Waals surface area contributed by atoms with E-state index in [1.165, 1.54) is 6.04 Å². The van der Waals surface area contributed by atoms with Gasteiger partial charge in [-0.3, -0.25) is 0 Å². The Balaban J connectivity index is 3.10. The lowest BCUT2D eigenvalue weighted by molar-refractivity contribution is 0.600. The molecule has 0 aliphatic rings. The van der Waals surface area contributed by atoms with E-state index in [1.54, 1.807) is 0 Å². The van der Waals surface area contributed by atoms with Gasteiger partial charge in [-0.15, -0.1) is 0 Å². The molecule has 0 amide bonds. The predicted molar refractivity (Wildman–Crippen MR) is 40.7 cm³/mol. The van der Waals surface area contributed by atoms with Crippen LogP contribution in [-0.2, 0) is 4.12 Å². The summed E-state index contributed by atoms with van der Waals surface area (Å²) in [7, 11) is -0.784. The van der Waals surface area contributed by atoms with Crippen molar-refractivity contribution in [1.82, 2.24) is 0 Å². The zero-order chi connectivity index (χ0) is 6.57. The smallest absolute Gasteiger partial charge is 0.194 e. The van der Waals surface area contributed by atoms with Gasteiger partial charge in [0.25, 0.3) is 0 Å². The minimum Gasteiger partial charge on any atom is -0.456 e. The highest BCUT2D eigenvalue weighted by molar-refractivity contribution is 6.63. The largest absolute Gasteiger partial charge is 0.456 e. The third-order valence-electron chi connectivity index (χ3n) is 0.876. The molecule has 0 saturated carbocycles. The Morgan fingerprint density at radius 1 is 1.25 bits per heavy atom. The first-order chi connectivity index (χ1) is 3.66. The van der Waals surface area contributed by atoms with E-state index in [2.05, 4.69) is 26.6 Å². The molecule has 0 aliphatic heterocycles. The summed E-state index contributed by atoms with van der Waals surface area (Å²) in [6.45, 7) is 8.80. The summed E-state index contributed by atoms with van der Waals surface area (Å²) in [6.07, 6.45) is 0. The summed E-state index contributed by atoms with van der Waals surface area (Å²) in [5.74, 6) is 0. The van der Waals surface area contributed by atoms with Crippen LogP contribution in [-0.4, -0.2) is 18.1 Å². The first-order valence-corrected chi connectivity index (χ1v) is 7.49. The molecule has 0 spiro atoms. The van der Waals surface area contributed by atoms with Crippen LogP contribution in [0.25, 0.3) is 0 Å².